The smallest absolute Gasteiger partial charge is 0.0630 e. The number of hydrogen-bond donors (Lipinski definition) is 1. The maximum absolute atomic E-state index is 6.32. The largest absolute Gasteiger partial charge is 0.383 e. The Bertz CT molecular complexity index is 412. The van der Waals surface area contributed by atoms with E-state index in [4.69, 9.17) is 16.3 Å². The average Bonchev–Trinajstić information content (AvgIpc) is 2.45. The first-order valence-corrected chi connectivity index (χ1v) is 8.01. The Hall–Kier alpha value is -0.610. The highest BCUT2D eigenvalue weighted by atomic mass is 35.5. The third kappa shape index (κ3) is 5.95. The van der Waals surface area contributed by atoms with Gasteiger partial charge < -0.3 is 10.1 Å². The molecule has 120 valence electrons. The highest BCUT2D eigenvalue weighted by molar-refractivity contribution is 6.31. The molecule has 0 bridgehead atoms. The summed E-state index contributed by atoms with van der Waals surface area (Å²) < 4.78 is 5.38. The zero-order valence-electron chi connectivity index (χ0n) is 13.9. The molecule has 2 unspecified atom stereocenters. The predicted octanol–water partition coefficient (Wildman–Crippen LogP) is 3.59. The molecule has 1 rings (SSSR count). The van der Waals surface area contributed by atoms with Crippen LogP contribution in [0.3, 0.4) is 0 Å². The van der Waals surface area contributed by atoms with Crippen LogP contribution in [-0.2, 0) is 4.74 Å². The molecule has 4 heteroatoms. The minimum Gasteiger partial charge on any atom is -0.383 e. The highest BCUT2D eigenvalue weighted by Crippen LogP contribution is 2.27. The molecule has 2 atom stereocenters. The molecule has 0 fully saturated rings. The van der Waals surface area contributed by atoms with Crippen molar-refractivity contribution in [3.05, 3.63) is 34.9 Å². The lowest BCUT2D eigenvalue weighted by molar-refractivity contribution is 0.0833. The van der Waals surface area contributed by atoms with Crippen molar-refractivity contribution in [2.45, 2.75) is 32.9 Å². The van der Waals surface area contributed by atoms with Gasteiger partial charge in [0.1, 0.15) is 0 Å². The summed E-state index contributed by atoms with van der Waals surface area (Å²) in [5.74, 6) is 0.652. The van der Waals surface area contributed by atoms with Crippen molar-refractivity contribution in [2.24, 2.45) is 5.92 Å². The standard InChI is InChI=1S/C17H29ClN2O/c1-13(2)10-19-11-15(12-21-5)20(4)14(3)16-8-6-7-9-17(16)18/h6-9,13-15,19H,10-12H2,1-5H3. The Morgan fingerprint density at radius 2 is 1.86 bits per heavy atom. The summed E-state index contributed by atoms with van der Waals surface area (Å²) in [6.45, 7) is 9.26. The Morgan fingerprint density at radius 3 is 2.43 bits per heavy atom. The van der Waals surface area contributed by atoms with Gasteiger partial charge in [-0.15, -0.1) is 0 Å². The first-order chi connectivity index (χ1) is 9.97. The number of hydrogen-bond acceptors (Lipinski definition) is 3. The molecule has 0 aliphatic carbocycles. The zero-order valence-corrected chi connectivity index (χ0v) is 14.7. The van der Waals surface area contributed by atoms with Gasteiger partial charge in [-0.1, -0.05) is 43.6 Å². The third-order valence-electron chi connectivity index (χ3n) is 3.83. The summed E-state index contributed by atoms with van der Waals surface area (Å²) in [6, 6.07) is 8.61. The van der Waals surface area contributed by atoms with Crippen molar-refractivity contribution in [1.29, 1.82) is 0 Å². The van der Waals surface area contributed by atoms with E-state index in [1.54, 1.807) is 7.11 Å². The maximum Gasteiger partial charge on any atom is 0.0630 e. The van der Waals surface area contributed by atoms with Gasteiger partial charge in [-0.2, -0.15) is 0 Å². The molecule has 21 heavy (non-hydrogen) atoms. The van der Waals surface area contributed by atoms with Crippen LogP contribution in [0.25, 0.3) is 0 Å². The molecule has 0 aromatic heterocycles. The van der Waals surface area contributed by atoms with Gasteiger partial charge in [-0.05, 0) is 38.1 Å². The summed E-state index contributed by atoms with van der Waals surface area (Å²) in [7, 11) is 3.89. The molecular weight excluding hydrogens is 284 g/mol. The molecule has 1 aromatic rings. The van der Waals surface area contributed by atoms with Crippen LogP contribution in [0.2, 0.25) is 5.02 Å². The Labute approximate surface area is 134 Å². The molecule has 0 aliphatic heterocycles. The summed E-state index contributed by atoms with van der Waals surface area (Å²) >= 11 is 6.32. The molecule has 0 spiro atoms. The molecule has 0 radical (unpaired) electrons. The number of benzene rings is 1. The fourth-order valence-corrected chi connectivity index (χ4v) is 2.69. The van der Waals surface area contributed by atoms with Gasteiger partial charge >= 0.3 is 0 Å². The van der Waals surface area contributed by atoms with E-state index in [0.29, 0.717) is 18.6 Å². The van der Waals surface area contributed by atoms with Crippen LogP contribution in [-0.4, -0.2) is 44.8 Å². The van der Waals surface area contributed by atoms with Gasteiger partial charge in [-0.25, -0.2) is 0 Å². The van der Waals surface area contributed by atoms with E-state index in [0.717, 1.165) is 23.7 Å². The van der Waals surface area contributed by atoms with E-state index < -0.39 is 0 Å². The fraction of sp³-hybridized carbons (Fsp3) is 0.647. The average molecular weight is 313 g/mol. The van der Waals surface area contributed by atoms with Gasteiger partial charge in [0, 0.05) is 30.8 Å². The second-order valence-corrected chi connectivity index (χ2v) is 6.43. The van der Waals surface area contributed by atoms with Crippen LogP contribution in [0.1, 0.15) is 32.4 Å². The van der Waals surface area contributed by atoms with Gasteiger partial charge in [0.25, 0.3) is 0 Å². The van der Waals surface area contributed by atoms with E-state index >= 15 is 0 Å². The zero-order chi connectivity index (χ0) is 15.8. The monoisotopic (exact) mass is 312 g/mol. The van der Waals surface area contributed by atoms with E-state index in [1.165, 1.54) is 0 Å². The van der Waals surface area contributed by atoms with Crippen LogP contribution in [0, 0.1) is 5.92 Å². The second-order valence-electron chi connectivity index (χ2n) is 6.02. The number of likely N-dealkylation sites (N-methyl/N-ethyl adjacent to an activating group) is 1. The van der Waals surface area contributed by atoms with Crippen molar-refractivity contribution in [2.75, 3.05) is 33.9 Å². The number of nitrogens with one attached hydrogen (secondary N) is 1. The molecule has 1 N–H and O–H groups in total. The van der Waals surface area contributed by atoms with Crippen molar-refractivity contribution in [3.63, 3.8) is 0 Å². The van der Waals surface area contributed by atoms with Crippen molar-refractivity contribution >= 4 is 11.6 Å². The van der Waals surface area contributed by atoms with Gasteiger partial charge in [0.2, 0.25) is 0 Å². The molecular formula is C17H29ClN2O. The molecule has 0 saturated heterocycles. The minimum absolute atomic E-state index is 0.250. The first kappa shape index (κ1) is 18.4. The topological polar surface area (TPSA) is 24.5 Å². The summed E-state index contributed by atoms with van der Waals surface area (Å²) in [4.78, 5) is 2.33. The van der Waals surface area contributed by atoms with Crippen molar-refractivity contribution < 1.29 is 4.74 Å². The number of methoxy groups -OCH3 is 1. The normalized spacial score (nSPS) is 14.7. The Kier molecular flexibility index (Phi) is 8.27. The van der Waals surface area contributed by atoms with Gasteiger partial charge in [0.05, 0.1) is 6.61 Å². The first-order valence-electron chi connectivity index (χ1n) is 7.63. The summed E-state index contributed by atoms with van der Waals surface area (Å²) in [5.41, 5.74) is 1.16. The molecule has 0 saturated carbocycles. The second kappa shape index (κ2) is 9.42. The van der Waals surface area contributed by atoms with Crippen LogP contribution in [0.5, 0.6) is 0 Å². The molecule has 3 nitrogen and oxygen atoms in total. The number of halogens is 1. The number of nitrogens with zero attached hydrogens (tertiary/aromatic N) is 1. The quantitative estimate of drug-likeness (QED) is 0.754. The Morgan fingerprint density at radius 1 is 1.19 bits per heavy atom. The highest BCUT2D eigenvalue weighted by Gasteiger charge is 2.22. The lowest BCUT2D eigenvalue weighted by Crippen LogP contribution is -2.44. The lowest BCUT2D eigenvalue weighted by Gasteiger charge is -2.33. The fourth-order valence-electron chi connectivity index (χ4n) is 2.40. The SMILES string of the molecule is COCC(CNCC(C)C)N(C)C(C)c1ccccc1Cl. The van der Waals surface area contributed by atoms with E-state index in [-0.39, 0.29) is 6.04 Å². The van der Waals surface area contributed by atoms with Crippen LogP contribution in [0.4, 0.5) is 0 Å². The van der Waals surface area contributed by atoms with Crippen LogP contribution in [0.15, 0.2) is 24.3 Å². The van der Waals surface area contributed by atoms with E-state index in [2.05, 4.69) is 44.1 Å². The number of ether oxygens (including phenoxy) is 1. The lowest BCUT2D eigenvalue weighted by atomic mass is 10.1. The van der Waals surface area contributed by atoms with Crippen molar-refractivity contribution in [3.8, 4) is 0 Å². The van der Waals surface area contributed by atoms with E-state index in [1.807, 2.05) is 18.2 Å². The molecule has 0 aliphatic rings. The summed E-state index contributed by atoms with van der Waals surface area (Å²) in [5, 5.41) is 4.34. The van der Waals surface area contributed by atoms with Crippen molar-refractivity contribution in [1.82, 2.24) is 10.2 Å². The third-order valence-corrected chi connectivity index (χ3v) is 4.18. The van der Waals surface area contributed by atoms with E-state index in [9.17, 15) is 0 Å². The maximum atomic E-state index is 6.32. The molecule has 1 aromatic carbocycles. The summed E-state index contributed by atoms with van der Waals surface area (Å²) in [6.07, 6.45) is 0. The minimum atomic E-state index is 0.250. The predicted molar refractivity (Wildman–Crippen MR) is 91.0 cm³/mol. The molecule has 0 amide bonds. The number of rotatable bonds is 9. The van der Waals surface area contributed by atoms with Gasteiger partial charge in [-0.3, -0.25) is 4.90 Å². The Balaban J connectivity index is 2.70. The molecule has 0 heterocycles. The van der Waals surface area contributed by atoms with Crippen LogP contribution >= 0.6 is 11.6 Å². The van der Waals surface area contributed by atoms with Gasteiger partial charge in [0.15, 0.2) is 0 Å². The van der Waals surface area contributed by atoms with Crippen LogP contribution < -0.4 is 5.32 Å².